The molecule has 0 atom stereocenters. The Bertz CT molecular complexity index is 809. The van der Waals surface area contributed by atoms with Crippen molar-refractivity contribution in [3.05, 3.63) is 66.2 Å². The molecular weight excluding hydrogens is 258 g/mol. The lowest BCUT2D eigenvalue weighted by Gasteiger charge is -2.08. The molecule has 0 spiro atoms. The Hall–Kier alpha value is -2.99. The highest BCUT2D eigenvalue weighted by molar-refractivity contribution is 5.90. The minimum Gasteiger partial charge on any atom is -0.384 e. The number of hydrogen-bond donors (Lipinski definition) is 1. The van der Waals surface area contributed by atoms with Crippen molar-refractivity contribution in [1.29, 1.82) is 5.26 Å². The SMILES string of the molecule is Cn1c(N)c(C#N)c(-c2ccccc2)c1-c1ccccc1. The normalized spacial score (nSPS) is 10.3. The molecule has 0 saturated heterocycles. The number of nitrogens with two attached hydrogens (primary N) is 1. The van der Waals surface area contributed by atoms with E-state index in [0.29, 0.717) is 11.4 Å². The van der Waals surface area contributed by atoms with Gasteiger partial charge in [0.15, 0.2) is 0 Å². The minimum absolute atomic E-state index is 0.496. The fourth-order valence-corrected chi connectivity index (χ4v) is 2.64. The smallest absolute Gasteiger partial charge is 0.122 e. The summed E-state index contributed by atoms with van der Waals surface area (Å²) in [4.78, 5) is 0. The van der Waals surface area contributed by atoms with Gasteiger partial charge in [-0.25, -0.2) is 0 Å². The molecule has 1 heterocycles. The third-order valence-electron chi connectivity index (χ3n) is 3.66. The van der Waals surface area contributed by atoms with Gasteiger partial charge in [-0.3, -0.25) is 0 Å². The summed E-state index contributed by atoms with van der Waals surface area (Å²) in [6.45, 7) is 0. The molecular formula is C18H15N3. The van der Waals surface area contributed by atoms with Crippen molar-refractivity contribution >= 4 is 5.82 Å². The highest BCUT2D eigenvalue weighted by Gasteiger charge is 2.21. The minimum atomic E-state index is 0.496. The molecule has 3 heteroatoms. The summed E-state index contributed by atoms with van der Waals surface area (Å²) in [5.41, 5.74) is 10.6. The Morgan fingerprint density at radius 3 is 1.95 bits per heavy atom. The van der Waals surface area contributed by atoms with Crippen LogP contribution in [0, 0.1) is 11.3 Å². The number of hydrogen-bond acceptors (Lipinski definition) is 2. The summed E-state index contributed by atoms with van der Waals surface area (Å²) in [6.07, 6.45) is 0. The van der Waals surface area contributed by atoms with Crippen LogP contribution in [-0.2, 0) is 7.05 Å². The molecule has 0 saturated carbocycles. The topological polar surface area (TPSA) is 54.7 Å². The van der Waals surface area contributed by atoms with E-state index in [4.69, 9.17) is 5.73 Å². The van der Waals surface area contributed by atoms with E-state index in [1.54, 1.807) is 0 Å². The Balaban J connectivity index is 2.38. The highest BCUT2D eigenvalue weighted by Crippen LogP contribution is 2.39. The van der Waals surface area contributed by atoms with Crippen LogP contribution in [0.1, 0.15) is 5.56 Å². The molecule has 0 bridgehead atoms. The summed E-state index contributed by atoms with van der Waals surface area (Å²) >= 11 is 0. The Morgan fingerprint density at radius 1 is 0.905 bits per heavy atom. The number of nitrogen functional groups attached to an aromatic ring is 1. The summed E-state index contributed by atoms with van der Waals surface area (Å²) in [5.74, 6) is 0.496. The second-order valence-corrected chi connectivity index (χ2v) is 4.89. The van der Waals surface area contributed by atoms with Crippen molar-refractivity contribution in [2.45, 2.75) is 0 Å². The zero-order chi connectivity index (χ0) is 14.8. The standard InChI is InChI=1S/C18H15N3/c1-21-17(14-10-6-3-7-11-14)16(15(12-19)18(21)20)13-8-4-2-5-9-13/h2-11H,20H2,1H3. The molecule has 0 aliphatic heterocycles. The summed E-state index contributed by atoms with van der Waals surface area (Å²) in [5, 5.41) is 9.50. The second-order valence-electron chi connectivity index (χ2n) is 4.89. The van der Waals surface area contributed by atoms with E-state index in [2.05, 4.69) is 6.07 Å². The van der Waals surface area contributed by atoms with Crippen LogP contribution >= 0.6 is 0 Å². The quantitative estimate of drug-likeness (QED) is 0.771. The van der Waals surface area contributed by atoms with E-state index in [1.807, 2.05) is 72.3 Å². The molecule has 0 aliphatic carbocycles. The van der Waals surface area contributed by atoms with Crippen molar-refractivity contribution in [3.8, 4) is 28.5 Å². The van der Waals surface area contributed by atoms with Crippen LogP contribution in [-0.4, -0.2) is 4.57 Å². The van der Waals surface area contributed by atoms with Crippen molar-refractivity contribution in [2.24, 2.45) is 7.05 Å². The molecule has 2 aromatic carbocycles. The lowest BCUT2D eigenvalue weighted by molar-refractivity contribution is 0.950. The maximum absolute atomic E-state index is 9.50. The lowest BCUT2D eigenvalue weighted by Crippen LogP contribution is -1.98. The molecule has 3 rings (SSSR count). The van der Waals surface area contributed by atoms with E-state index in [0.717, 1.165) is 22.4 Å². The van der Waals surface area contributed by atoms with Gasteiger partial charge in [-0.05, 0) is 11.1 Å². The van der Waals surface area contributed by atoms with Crippen LogP contribution in [0.3, 0.4) is 0 Å². The van der Waals surface area contributed by atoms with Crippen molar-refractivity contribution < 1.29 is 0 Å². The predicted molar refractivity (Wildman–Crippen MR) is 85.4 cm³/mol. The number of nitrogens with zero attached hydrogens (tertiary/aromatic N) is 2. The van der Waals surface area contributed by atoms with Crippen LogP contribution in [0.25, 0.3) is 22.4 Å². The third kappa shape index (κ3) is 2.07. The maximum atomic E-state index is 9.50. The fraction of sp³-hybridized carbons (Fsp3) is 0.0556. The van der Waals surface area contributed by atoms with Gasteiger partial charge < -0.3 is 10.3 Å². The molecule has 3 aromatic rings. The lowest BCUT2D eigenvalue weighted by atomic mass is 9.98. The molecule has 3 nitrogen and oxygen atoms in total. The molecule has 0 aliphatic rings. The third-order valence-corrected chi connectivity index (χ3v) is 3.66. The van der Waals surface area contributed by atoms with Crippen molar-refractivity contribution in [3.63, 3.8) is 0 Å². The van der Waals surface area contributed by atoms with Gasteiger partial charge >= 0.3 is 0 Å². The Labute approximate surface area is 123 Å². The molecule has 0 fully saturated rings. The number of aromatic nitrogens is 1. The zero-order valence-electron chi connectivity index (χ0n) is 11.7. The fourth-order valence-electron chi connectivity index (χ4n) is 2.64. The molecule has 0 amide bonds. The molecule has 0 unspecified atom stereocenters. The van der Waals surface area contributed by atoms with Gasteiger partial charge in [0.1, 0.15) is 17.5 Å². The first-order valence-corrected chi connectivity index (χ1v) is 6.73. The largest absolute Gasteiger partial charge is 0.384 e. The van der Waals surface area contributed by atoms with E-state index in [1.165, 1.54) is 0 Å². The van der Waals surface area contributed by atoms with Gasteiger partial charge in [0.2, 0.25) is 0 Å². The average molecular weight is 273 g/mol. The van der Waals surface area contributed by atoms with Crippen LogP contribution in [0.2, 0.25) is 0 Å². The highest BCUT2D eigenvalue weighted by atomic mass is 15.0. The summed E-state index contributed by atoms with van der Waals surface area (Å²) in [6, 6.07) is 22.2. The molecule has 0 radical (unpaired) electrons. The van der Waals surface area contributed by atoms with Crippen LogP contribution in [0.5, 0.6) is 0 Å². The van der Waals surface area contributed by atoms with Gasteiger partial charge in [0, 0.05) is 12.6 Å². The summed E-state index contributed by atoms with van der Waals surface area (Å²) in [7, 11) is 1.89. The van der Waals surface area contributed by atoms with Gasteiger partial charge in [-0.15, -0.1) is 0 Å². The Morgan fingerprint density at radius 2 is 1.43 bits per heavy atom. The van der Waals surface area contributed by atoms with Crippen molar-refractivity contribution in [2.75, 3.05) is 5.73 Å². The first-order chi connectivity index (χ1) is 10.2. The van der Waals surface area contributed by atoms with Crippen LogP contribution < -0.4 is 5.73 Å². The molecule has 2 N–H and O–H groups in total. The summed E-state index contributed by atoms with van der Waals surface area (Å²) < 4.78 is 1.89. The van der Waals surface area contributed by atoms with Gasteiger partial charge in [-0.2, -0.15) is 5.26 Å². The van der Waals surface area contributed by atoms with E-state index in [9.17, 15) is 5.26 Å². The monoisotopic (exact) mass is 273 g/mol. The van der Waals surface area contributed by atoms with E-state index >= 15 is 0 Å². The number of anilines is 1. The maximum Gasteiger partial charge on any atom is 0.122 e. The first-order valence-electron chi connectivity index (χ1n) is 6.73. The number of nitriles is 1. The van der Waals surface area contributed by atoms with Crippen LogP contribution in [0.4, 0.5) is 5.82 Å². The Kier molecular flexibility index (Phi) is 3.21. The molecule has 1 aromatic heterocycles. The first kappa shape index (κ1) is 13.0. The number of benzene rings is 2. The van der Waals surface area contributed by atoms with Gasteiger partial charge in [0.25, 0.3) is 0 Å². The van der Waals surface area contributed by atoms with Gasteiger partial charge in [0.05, 0.1) is 5.69 Å². The zero-order valence-corrected chi connectivity index (χ0v) is 11.7. The molecule has 21 heavy (non-hydrogen) atoms. The van der Waals surface area contributed by atoms with Crippen LogP contribution in [0.15, 0.2) is 60.7 Å². The predicted octanol–water partition coefficient (Wildman–Crippen LogP) is 3.81. The van der Waals surface area contributed by atoms with E-state index in [-0.39, 0.29) is 0 Å². The number of rotatable bonds is 2. The van der Waals surface area contributed by atoms with Gasteiger partial charge in [-0.1, -0.05) is 60.7 Å². The average Bonchev–Trinajstić information content (AvgIpc) is 2.80. The van der Waals surface area contributed by atoms with Crippen molar-refractivity contribution in [1.82, 2.24) is 4.57 Å². The second kappa shape index (κ2) is 5.18. The molecule has 102 valence electrons. The van der Waals surface area contributed by atoms with E-state index < -0.39 is 0 Å².